The minimum absolute atomic E-state index is 0.0287. The van der Waals surface area contributed by atoms with E-state index in [1.807, 2.05) is 0 Å². The lowest BCUT2D eigenvalue weighted by atomic mass is 10.1. The highest BCUT2D eigenvalue weighted by atomic mass is 79.9. The molecule has 0 spiro atoms. The third-order valence-corrected chi connectivity index (χ3v) is 3.78. The Morgan fingerprint density at radius 3 is 2.35 bits per heavy atom. The van der Waals surface area contributed by atoms with Crippen molar-refractivity contribution in [1.29, 1.82) is 0 Å². The van der Waals surface area contributed by atoms with Crippen LogP contribution in [0.5, 0.6) is 0 Å². The van der Waals surface area contributed by atoms with Crippen LogP contribution in [-0.2, 0) is 4.79 Å². The van der Waals surface area contributed by atoms with Crippen molar-refractivity contribution in [2.75, 3.05) is 11.9 Å². The Bertz CT molecular complexity index is 855. The van der Waals surface area contributed by atoms with Crippen molar-refractivity contribution >= 4 is 39.3 Å². The first-order chi connectivity index (χ1) is 11.0. The SMILES string of the molecule is O=C(CN1C(=O)c2ccccc2C1=O)Nc1cc(Br)c[nH]c1=O. The van der Waals surface area contributed by atoms with Crippen LogP contribution in [0.2, 0.25) is 0 Å². The lowest BCUT2D eigenvalue weighted by Gasteiger charge is -2.13. The van der Waals surface area contributed by atoms with Gasteiger partial charge in [-0.2, -0.15) is 0 Å². The van der Waals surface area contributed by atoms with E-state index >= 15 is 0 Å². The number of nitrogens with zero attached hydrogens (tertiary/aromatic N) is 1. The number of imide groups is 1. The molecule has 0 aliphatic carbocycles. The number of hydrogen-bond acceptors (Lipinski definition) is 4. The summed E-state index contributed by atoms with van der Waals surface area (Å²) < 4.78 is 0.577. The van der Waals surface area contributed by atoms with E-state index in [1.54, 1.807) is 12.1 Å². The van der Waals surface area contributed by atoms with Crippen molar-refractivity contribution < 1.29 is 14.4 Å². The van der Waals surface area contributed by atoms with Crippen molar-refractivity contribution in [1.82, 2.24) is 9.88 Å². The Hall–Kier alpha value is -2.74. The molecule has 0 bridgehead atoms. The number of anilines is 1. The normalized spacial score (nSPS) is 13.2. The van der Waals surface area contributed by atoms with Crippen molar-refractivity contribution in [3.8, 4) is 0 Å². The number of carbonyl (C=O) groups is 3. The molecular weight excluding hydrogens is 366 g/mol. The van der Waals surface area contributed by atoms with Gasteiger partial charge >= 0.3 is 0 Å². The van der Waals surface area contributed by atoms with Crippen LogP contribution in [0.1, 0.15) is 20.7 Å². The van der Waals surface area contributed by atoms with E-state index in [9.17, 15) is 19.2 Å². The number of benzene rings is 1. The molecule has 2 aromatic rings. The molecular formula is C15H10BrN3O4. The van der Waals surface area contributed by atoms with E-state index in [1.165, 1.54) is 24.4 Å². The number of amides is 3. The summed E-state index contributed by atoms with van der Waals surface area (Å²) in [5, 5.41) is 2.39. The van der Waals surface area contributed by atoms with Gasteiger partial charge in [-0.05, 0) is 34.1 Å². The van der Waals surface area contributed by atoms with Gasteiger partial charge < -0.3 is 10.3 Å². The predicted molar refractivity (Wildman–Crippen MR) is 85.2 cm³/mol. The third-order valence-electron chi connectivity index (χ3n) is 3.32. The van der Waals surface area contributed by atoms with Gasteiger partial charge in [0.1, 0.15) is 12.2 Å². The van der Waals surface area contributed by atoms with Crippen LogP contribution < -0.4 is 10.9 Å². The number of carbonyl (C=O) groups excluding carboxylic acids is 3. The monoisotopic (exact) mass is 375 g/mol. The molecule has 1 aromatic carbocycles. The summed E-state index contributed by atoms with van der Waals surface area (Å²) in [6.45, 7) is -0.460. The zero-order chi connectivity index (χ0) is 16.6. The molecule has 2 heterocycles. The highest BCUT2D eigenvalue weighted by Crippen LogP contribution is 2.22. The minimum atomic E-state index is -0.636. The molecule has 0 radical (unpaired) electrons. The lowest BCUT2D eigenvalue weighted by Crippen LogP contribution is -2.38. The molecule has 0 fully saturated rings. The predicted octanol–water partition coefficient (Wildman–Crippen LogP) is 1.37. The van der Waals surface area contributed by atoms with Gasteiger partial charge in [-0.3, -0.25) is 24.1 Å². The van der Waals surface area contributed by atoms with E-state index in [2.05, 4.69) is 26.2 Å². The van der Waals surface area contributed by atoms with E-state index in [-0.39, 0.29) is 16.8 Å². The van der Waals surface area contributed by atoms with Gasteiger partial charge in [0.15, 0.2) is 0 Å². The molecule has 23 heavy (non-hydrogen) atoms. The molecule has 116 valence electrons. The maximum absolute atomic E-state index is 12.2. The fraction of sp³-hybridized carbons (Fsp3) is 0.0667. The Morgan fingerprint density at radius 2 is 1.74 bits per heavy atom. The standard InChI is InChI=1S/C15H10BrN3O4/c16-8-5-11(13(21)17-6-8)18-12(20)7-19-14(22)9-3-1-2-4-10(9)15(19)23/h1-6H,7H2,(H,17,21)(H,18,20). The number of rotatable bonds is 3. The highest BCUT2D eigenvalue weighted by Gasteiger charge is 2.36. The van der Waals surface area contributed by atoms with E-state index in [4.69, 9.17) is 0 Å². The molecule has 1 aliphatic heterocycles. The number of H-pyrrole nitrogens is 1. The molecule has 8 heteroatoms. The summed E-state index contributed by atoms with van der Waals surface area (Å²) in [5.74, 6) is -1.68. The summed E-state index contributed by atoms with van der Waals surface area (Å²) in [5.41, 5.74) is 0.0844. The number of halogens is 1. The van der Waals surface area contributed by atoms with Gasteiger partial charge in [-0.15, -0.1) is 0 Å². The quantitative estimate of drug-likeness (QED) is 0.791. The molecule has 0 unspecified atom stereocenters. The summed E-state index contributed by atoms with van der Waals surface area (Å²) in [6.07, 6.45) is 1.43. The van der Waals surface area contributed by atoms with Gasteiger partial charge in [0, 0.05) is 10.7 Å². The Kier molecular flexibility index (Phi) is 3.83. The molecule has 3 rings (SSSR count). The second kappa shape index (κ2) is 5.81. The topological polar surface area (TPSA) is 99.3 Å². The van der Waals surface area contributed by atoms with Crippen molar-refractivity contribution in [2.45, 2.75) is 0 Å². The van der Waals surface area contributed by atoms with Crippen LogP contribution in [-0.4, -0.2) is 34.2 Å². The van der Waals surface area contributed by atoms with Gasteiger partial charge in [0.2, 0.25) is 5.91 Å². The molecule has 7 nitrogen and oxygen atoms in total. The molecule has 3 amide bonds. The first-order valence-corrected chi connectivity index (χ1v) is 7.40. The minimum Gasteiger partial charge on any atom is -0.326 e. The number of aromatic nitrogens is 1. The molecule has 0 saturated heterocycles. The van der Waals surface area contributed by atoms with E-state index in [0.29, 0.717) is 4.47 Å². The number of pyridine rings is 1. The fourth-order valence-electron chi connectivity index (χ4n) is 2.27. The van der Waals surface area contributed by atoms with Crippen LogP contribution in [0, 0.1) is 0 Å². The summed E-state index contributed by atoms with van der Waals surface area (Å²) in [6, 6.07) is 7.79. The molecule has 2 N–H and O–H groups in total. The third kappa shape index (κ3) is 2.80. The van der Waals surface area contributed by atoms with Gasteiger partial charge in [-0.1, -0.05) is 12.1 Å². The molecule has 0 atom stereocenters. The van der Waals surface area contributed by atoms with Crippen LogP contribution >= 0.6 is 15.9 Å². The molecule has 1 aromatic heterocycles. The maximum atomic E-state index is 12.2. The van der Waals surface area contributed by atoms with E-state index < -0.39 is 29.8 Å². The zero-order valence-electron chi connectivity index (χ0n) is 11.6. The second-order valence-corrected chi connectivity index (χ2v) is 5.77. The van der Waals surface area contributed by atoms with Crippen molar-refractivity contribution in [3.05, 3.63) is 62.5 Å². The first-order valence-electron chi connectivity index (χ1n) is 6.60. The first kappa shape index (κ1) is 15.2. The van der Waals surface area contributed by atoms with Gasteiger partial charge in [0.25, 0.3) is 17.4 Å². The number of fused-ring (bicyclic) bond motifs is 1. The summed E-state index contributed by atoms with van der Waals surface area (Å²) in [7, 11) is 0. The van der Waals surface area contributed by atoms with Crippen LogP contribution in [0.4, 0.5) is 5.69 Å². The number of nitrogens with one attached hydrogen (secondary N) is 2. The van der Waals surface area contributed by atoms with Gasteiger partial charge in [-0.25, -0.2) is 0 Å². The fourth-order valence-corrected chi connectivity index (χ4v) is 2.61. The Morgan fingerprint density at radius 1 is 1.13 bits per heavy atom. The smallest absolute Gasteiger partial charge is 0.271 e. The Labute approximate surface area is 138 Å². The van der Waals surface area contributed by atoms with Crippen LogP contribution in [0.25, 0.3) is 0 Å². The van der Waals surface area contributed by atoms with Crippen molar-refractivity contribution in [3.63, 3.8) is 0 Å². The van der Waals surface area contributed by atoms with Gasteiger partial charge in [0.05, 0.1) is 11.1 Å². The average Bonchev–Trinajstić information content (AvgIpc) is 2.76. The van der Waals surface area contributed by atoms with Crippen molar-refractivity contribution in [2.24, 2.45) is 0 Å². The number of aromatic amines is 1. The maximum Gasteiger partial charge on any atom is 0.271 e. The largest absolute Gasteiger partial charge is 0.326 e. The highest BCUT2D eigenvalue weighted by molar-refractivity contribution is 9.10. The Balaban J connectivity index is 1.77. The van der Waals surface area contributed by atoms with Crippen LogP contribution in [0.3, 0.4) is 0 Å². The lowest BCUT2D eigenvalue weighted by molar-refractivity contribution is -0.116. The van der Waals surface area contributed by atoms with Crippen LogP contribution in [0.15, 0.2) is 45.8 Å². The summed E-state index contributed by atoms with van der Waals surface area (Å²) >= 11 is 3.17. The second-order valence-electron chi connectivity index (χ2n) is 4.85. The number of hydrogen-bond donors (Lipinski definition) is 2. The average molecular weight is 376 g/mol. The van der Waals surface area contributed by atoms with E-state index in [0.717, 1.165) is 4.90 Å². The molecule has 1 aliphatic rings. The zero-order valence-corrected chi connectivity index (χ0v) is 13.2. The summed E-state index contributed by atoms with van der Waals surface area (Å²) in [4.78, 5) is 51.3. The molecule has 0 saturated carbocycles.